The van der Waals surface area contributed by atoms with Crippen molar-refractivity contribution in [3.8, 4) is 0 Å². The van der Waals surface area contributed by atoms with E-state index in [-0.39, 0.29) is 0 Å². The van der Waals surface area contributed by atoms with Crippen LogP contribution in [-0.4, -0.2) is 12.2 Å². The molecule has 0 N–H and O–H groups in total. The van der Waals surface area contributed by atoms with E-state index in [9.17, 15) is 0 Å². The molecule has 0 aromatic carbocycles. The van der Waals surface area contributed by atoms with Gasteiger partial charge in [0, 0.05) is 0 Å². The van der Waals surface area contributed by atoms with Gasteiger partial charge in [0.05, 0.1) is 12.2 Å². The van der Waals surface area contributed by atoms with Gasteiger partial charge in [-0.05, 0) is 31.6 Å². The topological polar surface area (TPSA) is 9.23 Å². The molecule has 0 atom stereocenters. The molecule has 2 saturated carbocycles. The average Bonchev–Trinajstić information content (AvgIpc) is 2.04. The van der Waals surface area contributed by atoms with Crippen LogP contribution >= 0.6 is 0 Å². The molecule has 2 aliphatic rings. The van der Waals surface area contributed by atoms with Gasteiger partial charge < -0.3 is 4.74 Å². The van der Waals surface area contributed by atoms with Crippen molar-refractivity contribution in [2.45, 2.75) is 64.1 Å². The summed E-state index contributed by atoms with van der Waals surface area (Å²) in [6.45, 7) is 2.32. The second-order valence-corrected chi connectivity index (χ2v) is 4.59. The van der Waals surface area contributed by atoms with Crippen molar-refractivity contribution in [3.05, 3.63) is 0 Å². The van der Waals surface area contributed by atoms with Crippen molar-refractivity contribution in [1.82, 2.24) is 0 Å². The first-order valence-electron chi connectivity index (χ1n) is 5.50. The van der Waals surface area contributed by atoms with Crippen LogP contribution in [0.25, 0.3) is 0 Å². The fourth-order valence-corrected chi connectivity index (χ4v) is 2.41. The molecule has 0 spiro atoms. The first-order chi connectivity index (χ1) is 5.84. The normalized spacial score (nSPS) is 37.8. The van der Waals surface area contributed by atoms with Crippen molar-refractivity contribution in [1.29, 1.82) is 0 Å². The van der Waals surface area contributed by atoms with Gasteiger partial charge in [-0.3, -0.25) is 0 Å². The molecule has 0 bridgehead atoms. The van der Waals surface area contributed by atoms with Gasteiger partial charge in [0.15, 0.2) is 0 Å². The molecule has 1 heteroatoms. The highest BCUT2D eigenvalue weighted by atomic mass is 16.5. The summed E-state index contributed by atoms with van der Waals surface area (Å²) in [6.07, 6.45) is 10.8. The van der Waals surface area contributed by atoms with E-state index < -0.39 is 0 Å². The summed E-state index contributed by atoms with van der Waals surface area (Å²) in [7, 11) is 0. The van der Waals surface area contributed by atoms with E-state index in [1.54, 1.807) is 0 Å². The fourth-order valence-electron chi connectivity index (χ4n) is 2.41. The van der Waals surface area contributed by atoms with E-state index in [1.807, 2.05) is 0 Å². The molecule has 0 radical (unpaired) electrons. The molecular weight excluding hydrogens is 148 g/mol. The summed E-state index contributed by atoms with van der Waals surface area (Å²) >= 11 is 0. The van der Waals surface area contributed by atoms with Crippen molar-refractivity contribution in [2.24, 2.45) is 5.92 Å². The third-order valence-corrected chi connectivity index (χ3v) is 3.27. The Kier molecular flexibility index (Phi) is 2.69. The van der Waals surface area contributed by atoms with E-state index in [2.05, 4.69) is 6.92 Å². The molecule has 0 aromatic heterocycles. The van der Waals surface area contributed by atoms with Crippen LogP contribution in [-0.2, 0) is 4.74 Å². The van der Waals surface area contributed by atoms with Gasteiger partial charge in [-0.25, -0.2) is 0 Å². The molecule has 0 amide bonds. The maximum atomic E-state index is 6.00. The predicted octanol–water partition coefficient (Wildman–Crippen LogP) is 3.13. The molecule has 0 saturated heterocycles. The predicted molar refractivity (Wildman–Crippen MR) is 50.1 cm³/mol. The van der Waals surface area contributed by atoms with Crippen molar-refractivity contribution in [2.75, 3.05) is 0 Å². The summed E-state index contributed by atoms with van der Waals surface area (Å²) in [5.41, 5.74) is 0. The van der Waals surface area contributed by atoms with E-state index in [4.69, 9.17) is 4.74 Å². The largest absolute Gasteiger partial charge is 0.375 e. The summed E-state index contributed by atoms with van der Waals surface area (Å²) < 4.78 is 6.00. The number of ether oxygens (including phenoxy) is 1. The van der Waals surface area contributed by atoms with Crippen molar-refractivity contribution >= 4 is 0 Å². The molecule has 0 heterocycles. The Morgan fingerprint density at radius 3 is 2.17 bits per heavy atom. The van der Waals surface area contributed by atoms with Crippen LogP contribution < -0.4 is 0 Å². The molecule has 2 rings (SSSR count). The molecule has 2 aliphatic carbocycles. The standard InChI is InChI=1S/C11H20O/c1-9-7-11(8-9)12-10-5-3-2-4-6-10/h9-11H,2-8H2,1H3/t9-,11-. The molecule has 2 fully saturated rings. The van der Waals surface area contributed by atoms with Gasteiger partial charge in [-0.1, -0.05) is 26.2 Å². The van der Waals surface area contributed by atoms with Crippen LogP contribution in [0.5, 0.6) is 0 Å². The smallest absolute Gasteiger partial charge is 0.0584 e. The van der Waals surface area contributed by atoms with Crippen LogP contribution in [0.4, 0.5) is 0 Å². The van der Waals surface area contributed by atoms with Crippen LogP contribution in [0.3, 0.4) is 0 Å². The Hall–Kier alpha value is -0.0400. The lowest BCUT2D eigenvalue weighted by Crippen LogP contribution is -2.34. The van der Waals surface area contributed by atoms with Crippen LogP contribution in [0.2, 0.25) is 0 Å². The third-order valence-electron chi connectivity index (χ3n) is 3.27. The second-order valence-electron chi connectivity index (χ2n) is 4.59. The maximum absolute atomic E-state index is 6.00. The molecule has 0 aromatic rings. The van der Waals surface area contributed by atoms with Crippen LogP contribution in [0.15, 0.2) is 0 Å². The van der Waals surface area contributed by atoms with E-state index in [0.717, 1.165) is 5.92 Å². The summed E-state index contributed by atoms with van der Waals surface area (Å²) in [5, 5.41) is 0. The van der Waals surface area contributed by atoms with Gasteiger partial charge in [0.1, 0.15) is 0 Å². The minimum atomic E-state index is 0.622. The van der Waals surface area contributed by atoms with Crippen LogP contribution in [0.1, 0.15) is 51.9 Å². The lowest BCUT2D eigenvalue weighted by molar-refractivity contribution is -0.0832. The zero-order valence-corrected chi connectivity index (χ0v) is 8.09. The van der Waals surface area contributed by atoms with Crippen LogP contribution in [0, 0.1) is 5.92 Å². The summed E-state index contributed by atoms with van der Waals surface area (Å²) in [5.74, 6) is 0.929. The number of hydrogen-bond donors (Lipinski definition) is 0. The van der Waals surface area contributed by atoms with E-state index in [1.165, 1.54) is 44.9 Å². The molecule has 0 unspecified atom stereocenters. The fraction of sp³-hybridized carbons (Fsp3) is 1.00. The maximum Gasteiger partial charge on any atom is 0.0584 e. The Morgan fingerprint density at radius 1 is 0.917 bits per heavy atom. The molecular formula is C11H20O. The van der Waals surface area contributed by atoms with Gasteiger partial charge in [0.25, 0.3) is 0 Å². The Labute approximate surface area is 75.5 Å². The molecule has 1 nitrogen and oxygen atoms in total. The van der Waals surface area contributed by atoms with Gasteiger partial charge in [0.2, 0.25) is 0 Å². The Balaban J connectivity index is 1.65. The van der Waals surface area contributed by atoms with Crippen molar-refractivity contribution in [3.63, 3.8) is 0 Å². The second kappa shape index (κ2) is 3.78. The zero-order chi connectivity index (χ0) is 8.39. The number of hydrogen-bond acceptors (Lipinski definition) is 1. The minimum absolute atomic E-state index is 0.622. The minimum Gasteiger partial charge on any atom is -0.375 e. The first-order valence-corrected chi connectivity index (χ1v) is 5.50. The highest BCUT2D eigenvalue weighted by Crippen LogP contribution is 2.32. The van der Waals surface area contributed by atoms with Crippen molar-refractivity contribution < 1.29 is 4.74 Å². The van der Waals surface area contributed by atoms with Gasteiger partial charge in [-0.2, -0.15) is 0 Å². The highest BCUT2D eigenvalue weighted by molar-refractivity contribution is 4.79. The summed E-state index contributed by atoms with van der Waals surface area (Å²) in [4.78, 5) is 0. The van der Waals surface area contributed by atoms with Gasteiger partial charge >= 0.3 is 0 Å². The van der Waals surface area contributed by atoms with E-state index >= 15 is 0 Å². The summed E-state index contributed by atoms with van der Waals surface area (Å²) in [6, 6.07) is 0. The Morgan fingerprint density at radius 2 is 1.58 bits per heavy atom. The first kappa shape index (κ1) is 8.55. The number of rotatable bonds is 2. The molecule has 12 heavy (non-hydrogen) atoms. The van der Waals surface area contributed by atoms with Gasteiger partial charge in [-0.15, -0.1) is 0 Å². The molecule has 0 aliphatic heterocycles. The SMILES string of the molecule is C[C@H]1C[C@H](OC2CCCCC2)C1. The monoisotopic (exact) mass is 168 g/mol. The zero-order valence-electron chi connectivity index (χ0n) is 8.09. The lowest BCUT2D eigenvalue weighted by atomic mass is 9.83. The Bertz CT molecular complexity index is 132. The highest BCUT2D eigenvalue weighted by Gasteiger charge is 2.28. The molecule has 70 valence electrons. The third kappa shape index (κ3) is 2.01. The van der Waals surface area contributed by atoms with E-state index in [0.29, 0.717) is 12.2 Å². The average molecular weight is 168 g/mol. The quantitative estimate of drug-likeness (QED) is 0.615. The lowest BCUT2D eigenvalue weighted by Gasteiger charge is -2.36.